The van der Waals surface area contributed by atoms with E-state index in [1.165, 1.54) is 20.3 Å². The summed E-state index contributed by atoms with van der Waals surface area (Å²) in [6.07, 6.45) is 3.85. The van der Waals surface area contributed by atoms with Gasteiger partial charge in [0.1, 0.15) is 23.1 Å². The second kappa shape index (κ2) is 11.8. The molecule has 2 aromatic heterocycles. The Labute approximate surface area is 236 Å². The molecule has 0 saturated carbocycles. The van der Waals surface area contributed by atoms with Gasteiger partial charge in [0.2, 0.25) is 5.91 Å². The van der Waals surface area contributed by atoms with E-state index in [0.29, 0.717) is 70.9 Å². The number of hydrogen-bond donors (Lipinski definition) is 3. The largest absolute Gasteiger partial charge is 0.495 e. The Morgan fingerprint density at radius 3 is 2.46 bits per heavy atom. The highest BCUT2D eigenvalue weighted by atomic mass is 35.5. The number of amides is 1. The molecular weight excluding hydrogens is 545 g/mol. The van der Waals surface area contributed by atoms with E-state index in [0.717, 1.165) is 17.2 Å². The predicted octanol–water partition coefficient (Wildman–Crippen LogP) is 4.30. The van der Waals surface area contributed by atoms with Crippen LogP contribution in [0.1, 0.15) is 6.42 Å². The molecule has 5 rings (SSSR count). The molecule has 3 aromatic rings. The summed E-state index contributed by atoms with van der Waals surface area (Å²) >= 11 is 13.4. The Kier molecular flexibility index (Phi) is 8.27. The molecule has 2 saturated heterocycles. The van der Waals surface area contributed by atoms with Crippen LogP contribution in [0.2, 0.25) is 10.0 Å². The zero-order valence-electron chi connectivity index (χ0n) is 21.6. The molecule has 2 fully saturated rings. The fraction of sp³-hybridized carbons (Fsp3) is 0.370. The first-order valence-corrected chi connectivity index (χ1v) is 13.2. The fourth-order valence-electron chi connectivity index (χ4n) is 4.69. The van der Waals surface area contributed by atoms with Crippen molar-refractivity contribution >= 4 is 51.5 Å². The smallest absolute Gasteiger partial charge is 0.243 e. The molecule has 3 unspecified atom stereocenters. The molecule has 1 aromatic carbocycles. The summed E-state index contributed by atoms with van der Waals surface area (Å²) in [5.41, 5.74) is 1.03. The van der Waals surface area contributed by atoms with Crippen LogP contribution in [0.5, 0.6) is 11.5 Å². The zero-order valence-corrected chi connectivity index (χ0v) is 23.1. The molecule has 3 N–H and O–H groups in total. The third-order valence-electron chi connectivity index (χ3n) is 6.74. The Morgan fingerprint density at radius 2 is 1.79 bits per heavy atom. The quantitative estimate of drug-likeness (QED) is 0.322. The van der Waals surface area contributed by atoms with Crippen LogP contribution >= 0.6 is 23.2 Å². The van der Waals surface area contributed by atoms with Crippen LogP contribution in [0, 0.1) is 0 Å². The van der Waals surface area contributed by atoms with Gasteiger partial charge in [-0.1, -0.05) is 29.8 Å². The molecule has 0 spiro atoms. The number of hydrogen-bond acceptors (Lipinski definition) is 9. The predicted molar refractivity (Wildman–Crippen MR) is 151 cm³/mol. The van der Waals surface area contributed by atoms with Crippen LogP contribution in [-0.2, 0) is 14.3 Å². The SMILES string of the molecule is C=CC(=O)NC1COCC1Nc1cc2c(NC3CCOC3)nc(-c3c(Cl)c(OC)cc(OC)c3Cl)cc2cn1. The van der Waals surface area contributed by atoms with Gasteiger partial charge >= 0.3 is 0 Å². The number of fused-ring (bicyclic) bond motifs is 1. The molecule has 206 valence electrons. The van der Waals surface area contributed by atoms with Gasteiger partial charge < -0.3 is 34.9 Å². The van der Waals surface area contributed by atoms with Crippen LogP contribution in [0.4, 0.5) is 11.6 Å². The lowest BCUT2D eigenvalue weighted by molar-refractivity contribution is -0.117. The van der Waals surface area contributed by atoms with Crippen molar-refractivity contribution in [2.75, 3.05) is 51.3 Å². The fourth-order valence-corrected chi connectivity index (χ4v) is 5.38. The van der Waals surface area contributed by atoms with Crippen molar-refractivity contribution in [2.24, 2.45) is 0 Å². The van der Waals surface area contributed by atoms with Crippen LogP contribution in [0.25, 0.3) is 22.0 Å². The van der Waals surface area contributed by atoms with E-state index in [1.807, 2.05) is 12.1 Å². The van der Waals surface area contributed by atoms with Gasteiger partial charge in [0.05, 0.1) is 67.9 Å². The van der Waals surface area contributed by atoms with Crippen molar-refractivity contribution in [3.8, 4) is 22.8 Å². The summed E-state index contributed by atoms with van der Waals surface area (Å²) in [5, 5.41) is 12.1. The van der Waals surface area contributed by atoms with Crippen molar-refractivity contribution in [1.82, 2.24) is 15.3 Å². The Bertz CT molecular complexity index is 1370. The minimum Gasteiger partial charge on any atom is -0.495 e. The van der Waals surface area contributed by atoms with Gasteiger partial charge in [-0.15, -0.1) is 0 Å². The third kappa shape index (κ3) is 5.69. The van der Waals surface area contributed by atoms with Crippen molar-refractivity contribution in [2.45, 2.75) is 24.5 Å². The van der Waals surface area contributed by atoms with E-state index >= 15 is 0 Å². The maximum absolute atomic E-state index is 11.8. The molecule has 0 aliphatic carbocycles. The van der Waals surface area contributed by atoms with Gasteiger partial charge in [0, 0.05) is 35.2 Å². The summed E-state index contributed by atoms with van der Waals surface area (Å²) in [5.74, 6) is 1.84. The second-order valence-electron chi connectivity index (χ2n) is 9.24. The van der Waals surface area contributed by atoms with E-state index in [1.54, 1.807) is 12.3 Å². The van der Waals surface area contributed by atoms with Gasteiger partial charge in [-0.3, -0.25) is 4.79 Å². The van der Waals surface area contributed by atoms with E-state index in [2.05, 4.69) is 27.5 Å². The van der Waals surface area contributed by atoms with Gasteiger partial charge in [0.15, 0.2) is 0 Å². The topological polar surface area (TPSA) is 116 Å². The molecule has 2 aliphatic heterocycles. The van der Waals surface area contributed by atoms with Gasteiger partial charge in [0.25, 0.3) is 0 Å². The number of methoxy groups -OCH3 is 2. The average Bonchev–Trinajstić information content (AvgIpc) is 3.61. The number of rotatable bonds is 9. The molecule has 3 atom stereocenters. The van der Waals surface area contributed by atoms with E-state index in [-0.39, 0.29) is 24.0 Å². The molecule has 12 heteroatoms. The first-order valence-electron chi connectivity index (χ1n) is 12.4. The Balaban J connectivity index is 1.56. The van der Waals surface area contributed by atoms with Crippen molar-refractivity contribution < 1.29 is 23.7 Å². The summed E-state index contributed by atoms with van der Waals surface area (Å²) in [6.45, 7) is 5.59. The second-order valence-corrected chi connectivity index (χ2v) is 10.00. The average molecular weight is 574 g/mol. The number of nitrogens with zero attached hydrogens (tertiary/aromatic N) is 2. The van der Waals surface area contributed by atoms with Crippen LogP contribution < -0.4 is 25.4 Å². The van der Waals surface area contributed by atoms with Crippen LogP contribution in [0.15, 0.2) is 37.1 Å². The summed E-state index contributed by atoms with van der Waals surface area (Å²) in [7, 11) is 3.06. The zero-order chi connectivity index (χ0) is 27.5. The lowest BCUT2D eigenvalue weighted by Crippen LogP contribution is -2.45. The minimum absolute atomic E-state index is 0.0908. The maximum Gasteiger partial charge on any atom is 0.243 e. The van der Waals surface area contributed by atoms with E-state index < -0.39 is 0 Å². The Hall–Kier alpha value is -3.31. The summed E-state index contributed by atoms with van der Waals surface area (Å²) < 4.78 is 22.1. The van der Waals surface area contributed by atoms with Crippen molar-refractivity contribution in [3.05, 3.63) is 47.1 Å². The number of benzene rings is 1. The standard InChI is InChI=1S/C27H29Cl2N5O5/c1-4-23(35)33-19-13-39-12-18(19)32-22-8-16-14(10-30-22)7-17(34-27(16)31-15-5-6-38-11-15)24-25(28)20(36-2)9-21(37-3)26(24)29/h4,7-10,15,18-19H,1,5-6,11-13H2,2-3H3,(H,30,32)(H,31,34)(H,33,35). The normalized spacial score (nSPS) is 20.6. The molecule has 1 amide bonds. The highest BCUT2D eigenvalue weighted by molar-refractivity contribution is 6.41. The highest BCUT2D eigenvalue weighted by Crippen LogP contribution is 2.46. The number of anilines is 2. The van der Waals surface area contributed by atoms with Gasteiger partial charge in [-0.05, 0) is 24.6 Å². The molecule has 2 aliphatic rings. The molecule has 0 radical (unpaired) electrons. The summed E-state index contributed by atoms with van der Waals surface area (Å²) in [6, 6.07) is 5.15. The number of ether oxygens (including phenoxy) is 4. The van der Waals surface area contributed by atoms with Crippen molar-refractivity contribution in [1.29, 1.82) is 0 Å². The number of pyridine rings is 2. The van der Waals surface area contributed by atoms with Gasteiger partial charge in [-0.25, -0.2) is 9.97 Å². The number of aromatic nitrogens is 2. The lowest BCUT2D eigenvalue weighted by Gasteiger charge is -2.21. The van der Waals surface area contributed by atoms with Crippen LogP contribution in [0.3, 0.4) is 0 Å². The first-order chi connectivity index (χ1) is 18.9. The molecule has 10 nitrogen and oxygen atoms in total. The Morgan fingerprint density at radius 1 is 1.05 bits per heavy atom. The van der Waals surface area contributed by atoms with Gasteiger partial charge in [-0.2, -0.15) is 0 Å². The maximum atomic E-state index is 11.8. The van der Waals surface area contributed by atoms with E-state index in [4.69, 9.17) is 47.1 Å². The van der Waals surface area contributed by atoms with E-state index in [9.17, 15) is 4.79 Å². The molecule has 0 bridgehead atoms. The monoisotopic (exact) mass is 573 g/mol. The molecule has 4 heterocycles. The molecule has 39 heavy (non-hydrogen) atoms. The van der Waals surface area contributed by atoms with Crippen molar-refractivity contribution in [3.63, 3.8) is 0 Å². The summed E-state index contributed by atoms with van der Waals surface area (Å²) in [4.78, 5) is 21.4. The number of carbonyl (C=O) groups excluding carboxylic acids is 1. The number of carbonyl (C=O) groups is 1. The highest BCUT2D eigenvalue weighted by Gasteiger charge is 2.30. The third-order valence-corrected chi connectivity index (χ3v) is 7.49. The number of halogens is 2. The van der Waals surface area contributed by atoms with Crippen LogP contribution in [-0.4, -0.2) is 74.6 Å². The minimum atomic E-state index is -0.253. The molecular formula is C27H29Cl2N5O5. The lowest BCUT2D eigenvalue weighted by atomic mass is 10.1. The number of nitrogens with one attached hydrogen (secondary N) is 3. The first kappa shape index (κ1) is 27.3.